The maximum atomic E-state index is 15.5. The van der Waals surface area contributed by atoms with Gasteiger partial charge in [0.15, 0.2) is 0 Å². The van der Waals surface area contributed by atoms with Crippen LogP contribution in [0.25, 0.3) is 6.08 Å². The molecule has 4 N–H and O–H groups in total. The first-order valence-corrected chi connectivity index (χ1v) is 29.5. The molecule has 0 bridgehead atoms. The van der Waals surface area contributed by atoms with Crippen LogP contribution < -0.4 is 10.6 Å². The van der Waals surface area contributed by atoms with Gasteiger partial charge >= 0.3 is 11.9 Å². The van der Waals surface area contributed by atoms with Crippen LogP contribution in [0.3, 0.4) is 0 Å². The molecule has 3 aliphatic rings. The van der Waals surface area contributed by atoms with Gasteiger partial charge in [0.2, 0.25) is 11.8 Å². The molecule has 2 fully saturated rings. The highest BCUT2D eigenvalue weighted by molar-refractivity contribution is 6.26. The number of aliphatic imine (C=N–C) groups is 1. The molecule has 11 nitrogen and oxygen atoms in total. The smallest absolute Gasteiger partial charge is 0.342 e. The number of hydrogen-bond acceptors (Lipinski definition) is 8. The van der Waals surface area contributed by atoms with E-state index in [1.165, 1.54) is 0 Å². The summed E-state index contributed by atoms with van der Waals surface area (Å²) in [6, 6.07) is 0. The number of amides is 2. The van der Waals surface area contributed by atoms with E-state index in [2.05, 4.69) is 113 Å². The molecule has 1 aromatic rings. The average Bonchev–Trinajstić information content (AvgIpc) is 3.84. The molecule has 2 amide bonds. The number of nitrogens with zero attached hydrogens (tertiary/aromatic N) is 1. The number of carbonyl (C=O) groups is 4. The van der Waals surface area contributed by atoms with E-state index in [-0.39, 0.29) is 98.9 Å². The lowest BCUT2D eigenvalue weighted by Gasteiger charge is -2.50. The number of allylic oxidation sites excluding steroid dienone is 1. The van der Waals surface area contributed by atoms with Crippen LogP contribution in [0, 0.1) is 73.9 Å². The highest BCUT2D eigenvalue weighted by atomic mass is 16.5. The second-order valence-electron chi connectivity index (χ2n) is 28.6. The van der Waals surface area contributed by atoms with Crippen molar-refractivity contribution in [1.29, 1.82) is 0 Å². The van der Waals surface area contributed by atoms with Crippen LogP contribution in [0.2, 0.25) is 0 Å². The van der Waals surface area contributed by atoms with Crippen LogP contribution in [0.1, 0.15) is 257 Å². The van der Waals surface area contributed by atoms with Gasteiger partial charge in [-0.05, 0) is 133 Å². The number of ether oxygens (including phenoxy) is 2. The quantitative estimate of drug-likeness (QED) is 0.107. The maximum absolute atomic E-state index is 15.5. The molecule has 75 heavy (non-hydrogen) atoms. The molecule has 426 valence electrons. The zero-order chi connectivity index (χ0) is 57.1. The minimum Gasteiger partial charge on any atom is -0.458 e. The SMILES string of the molecule is CCC(CC)(CCCO)C(=O)NC1=NC(=Cc2[nH]c(NC(=O)C(CC)(CC)CC)c(C(=O)OC3C(C(C)(C)C)CC(C)CC3C(C)(C)C)c2C(C)C)C(C(C)C)=C1C(=O)OC1C(C(C)(C)C)CC(C)CC1C(C)(C)C. The predicted octanol–water partition coefficient (Wildman–Crippen LogP) is 15.6. The first-order valence-electron chi connectivity index (χ1n) is 29.5. The van der Waals surface area contributed by atoms with Crippen molar-refractivity contribution in [3.63, 3.8) is 0 Å². The molecule has 4 rings (SSSR count). The van der Waals surface area contributed by atoms with E-state index in [0.717, 1.165) is 25.7 Å². The number of aromatic nitrogens is 1. The first kappa shape index (κ1) is 63.8. The topological polar surface area (TPSA) is 159 Å². The fourth-order valence-corrected chi connectivity index (χ4v) is 13.4. The van der Waals surface area contributed by atoms with Gasteiger partial charge in [0.05, 0.1) is 5.70 Å². The summed E-state index contributed by atoms with van der Waals surface area (Å²) in [6.45, 7) is 49.6. The normalized spacial score (nSPS) is 25.0. The lowest BCUT2D eigenvalue weighted by molar-refractivity contribution is -0.164. The Morgan fingerprint density at radius 2 is 1.03 bits per heavy atom. The Labute approximate surface area is 456 Å². The molecule has 0 spiro atoms. The minimum atomic E-state index is -0.815. The molecular weight excluding hydrogens is 937 g/mol. The number of rotatable bonds is 18. The van der Waals surface area contributed by atoms with E-state index in [1.807, 2.05) is 68.4 Å². The number of aromatic amines is 1. The number of H-pyrrole nitrogens is 1. The molecule has 0 radical (unpaired) electrons. The zero-order valence-electron chi connectivity index (χ0n) is 51.7. The van der Waals surface area contributed by atoms with Crippen molar-refractivity contribution in [3.05, 3.63) is 33.7 Å². The second-order valence-corrected chi connectivity index (χ2v) is 28.6. The third kappa shape index (κ3) is 14.1. The molecule has 11 heteroatoms. The van der Waals surface area contributed by atoms with Crippen LogP contribution >= 0.6 is 0 Å². The summed E-state index contributed by atoms with van der Waals surface area (Å²) in [5, 5.41) is 16.4. The molecule has 4 atom stereocenters. The fraction of sp³-hybridized carbons (Fsp3) is 0.797. The van der Waals surface area contributed by atoms with E-state index in [4.69, 9.17) is 14.5 Å². The highest BCUT2D eigenvalue weighted by Gasteiger charge is 2.51. The van der Waals surface area contributed by atoms with E-state index >= 15 is 9.59 Å². The summed E-state index contributed by atoms with van der Waals surface area (Å²) >= 11 is 0. The van der Waals surface area contributed by atoms with Crippen LogP contribution in [0.4, 0.5) is 5.82 Å². The number of aliphatic hydroxyl groups is 1. The van der Waals surface area contributed by atoms with Crippen molar-refractivity contribution in [2.45, 2.75) is 248 Å². The summed E-state index contributed by atoms with van der Waals surface area (Å²) in [5.74, 6) is -0.263. The largest absolute Gasteiger partial charge is 0.458 e. The lowest BCUT2D eigenvalue weighted by Crippen LogP contribution is -2.50. The maximum Gasteiger partial charge on any atom is 0.342 e. The van der Waals surface area contributed by atoms with Crippen LogP contribution in [0.5, 0.6) is 0 Å². The van der Waals surface area contributed by atoms with E-state index < -0.39 is 28.9 Å². The number of amidine groups is 1. The molecule has 1 aromatic heterocycles. The first-order chi connectivity index (χ1) is 34.5. The molecule has 4 unspecified atom stereocenters. The number of nitrogens with one attached hydrogen (secondary N) is 3. The van der Waals surface area contributed by atoms with E-state index in [9.17, 15) is 14.7 Å². The van der Waals surface area contributed by atoms with Crippen LogP contribution in [0.15, 0.2) is 21.8 Å². The van der Waals surface area contributed by atoms with Gasteiger partial charge < -0.3 is 30.2 Å². The minimum absolute atomic E-state index is 0.0431. The van der Waals surface area contributed by atoms with Gasteiger partial charge in [-0.15, -0.1) is 0 Å². The van der Waals surface area contributed by atoms with Gasteiger partial charge in [0.25, 0.3) is 0 Å². The van der Waals surface area contributed by atoms with Crippen molar-refractivity contribution >= 4 is 41.5 Å². The van der Waals surface area contributed by atoms with E-state index in [0.29, 0.717) is 84.9 Å². The Balaban J connectivity index is 2.10. The standard InChI is InChI=1S/C64H108N4O7/c1-24-63(25-2,26-3)57(72)67-53-49(55(70)74-51-41(59(12,13)14)32-39(10)33-42(51)60(15,16)17)47(37(6)7)45(65-53)36-46-48(38(8)9)50(54(66-46)68-58(73)64(27-4,28-5)30-29-31-69)56(71)75-52-43(61(18,19)20)34-40(11)35-44(52)62(21,22)23/h36-44,51-52,65,69H,24-35H2,1-23H3,(H,67,72)(H,66,68,73). The molecule has 2 heterocycles. The van der Waals surface area contributed by atoms with Crippen LogP contribution in [-0.4, -0.2) is 58.5 Å². The Bertz CT molecular complexity index is 2200. The Morgan fingerprint density at radius 3 is 1.39 bits per heavy atom. The van der Waals surface area contributed by atoms with Crippen molar-refractivity contribution in [2.24, 2.45) is 78.9 Å². The van der Waals surface area contributed by atoms with Gasteiger partial charge in [0, 0.05) is 46.8 Å². The Kier molecular flexibility index (Phi) is 20.9. The molecule has 0 saturated heterocycles. The monoisotopic (exact) mass is 1040 g/mol. The van der Waals surface area contributed by atoms with Crippen LogP contribution in [-0.2, 0) is 23.9 Å². The third-order valence-electron chi connectivity index (χ3n) is 18.7. The Hall–Kier alpha value is -3.73. The van der Waals surface area contributed by atoms with Gasteiger partial charge in [0.1, 0.15) is 35.0 Å². The highest BCUT2D eigenvalue weighted by Crippen LogP contribution is 2.52. The summed E-state index contributed by atoms with van der Waals surface area (Å²) in [4.78, 5) is 69.3. The molecule has 2 aliphatic carbocycles. The predicted molar refractivity (Wildman–Crippen MR) is 309 cm³/mol. The van der Waals surface area contributed by atoms with Crippen molar-refractivity contribution < 1.29 is 33.8 Å². The number of esters is 2. The number of aliphatic hydroxyl groups excluding tert-OH is 1. The van der Waals surface area contributed by atoms with Crippen molar-refractivity contribution in [3.8, 4) is 0 Å². The van der Waals surface area contributed by atoms with Gasteiger partial charge in [-0.3, -0.25) is 9.59 Å². The van der Waals surface area contributed by atoms with Crippen molar-refractivity contribution in [1.82, 2.24) is 10.3 Å². The number of anilines is 1. The zero-order valence-corrected chi connectivity index (χ0v) is 51.7. The molecule has 1 aliphatic heterocycles. The van der Waals surface area contributed by atoms with Gasteiger partial charge in [-0.2, -0.15) is 0 Å². The summed E-state index contributed by atoms with van der Waals surface area (Å²) in [5.41, 5.74) is 0.712. The average molecular weight is 1050 g/mol. The van der Waals surface area contributed by atoms with Crippen molar-refractivity contribution in [2.75, 3.05) is 11.9 Å². The summed E-state index contributed by atoms with van der Waals surface area (Å²) < 4.78 is 13.9. The molecule has 0 aromatic carbocycles. The number of hydrogen-bond donors (Lipinski definition) is 4. The second kappa shape index (κ2) is 24.5. The molecular formula is C64H108N4O7. The summed E-state index contributed by atoms with van der Waals surface area (Å²) in [7, 11) is 0. The fourth-order valence-electron chi connectivity index (χ4n) is 13.4. The Morgan fingerprint density at radius 1 is 0.627 bits per heavy atom. The van der Waals surface area contributed by atoms with E-state index in [1.54, 1.807) is 0 Å². The molecule has 2 saturated carbocycles. The lowest BCUT2D eigenvalue weighted by atomic mass is 9.59. The van der Waals surface area contributed by atoms with Gasteiger partial charge in [-0.1, -0.05) is 159 Å². The summed E-state index contributed by atoms with van der Waals surface area (Å²) in [6.07, 6.45) is 8.67. The third-order valence-corrected chi connectivity index (χ3v) is 18.7. The number of carbonyl (C=O) groups excluding carboxylic acids is 4. The van der Waals surface area contributed by atoms with Gasteiger partial charge in [-0.25, -0.2) is 14.6 Å².